The van der Waals surface area contributed by atoms with Gasteiger partial charge in [0.25, 0.3) is 5.91 Å². The van der Waals surface area contributed by atoms with E-state index in [1.807, 2.05) is 91.0 Å². The van der Waals surface area contributed by atoms with E-state index >= 15 is 0 Å². The molecule has 0 aliphatic rings. The molecule has 0 saturated heterocycles. The van der Waals surface area contributed by atoms with E-state index < -0.39 is 0 Å². The Kier molecular flexibility index (Phi) is 8.98. The van der Waals surface area contributed by atoms with Crippen molar-refractivity contribution in [3.8, 4) is 11.3 Å². The highest BCUT2D eigenvalue weighted by Gasteiger charge is 2.15. The Hall–Kier alpha value is -6.28. The summed E-state index contributed by atoms with van der Waals surface area (Å²) in [6, 6.07) is 40.0. The molecule has 8 heteroatoms. The first kappa shape index (κ1) is 31.7. The molecule has 0 fully saturated rings. The summed E-state index contributed by atoms with van der Waals surface area (Å²) in [5.74, 6) is 0.135. The second-order valence-electron chi connectivity index (χ2n) is 12.3. The first-order valence-electron chi connectivity index (χ1n) is 15.5. The van der Waals surface area contributed by atoms with Crippen LogP contribution in [0.2, 0.25) is 0 Å². The number of carbonyl (C=O) groups is 2. The van der Waals surface area contributed by atoms with Gasteiger partial charge in [0.1, 0.15) is 23.3 Å². The Morgan fingerprint density at radius 3 is 2.04 bits per heavy atom. The minimum Gasteiger partial charge on any atom is -0.455 e. The van der Waals surface area contributed by atoms with Crippen molar-refractivity contribution >= 4 is 50.9 Å². The molecular formula is C40H35N5O3. The normalized spacial score (nSPS) is 11.1. The molecule has 238 valence electrons. The predicted octanol–water partition coefficient (Wildman–Crippen LogP) is 9.12. The number of anilines is 3. The largest absolute Gasteiger partial charge is 0.455 e. The highest BCUT2D eigenvalue weighted by Crippen LogP contribution is 2.35. The first-order valence-corrected chi connectivity index (χ1v) is 15.5. The lowest BCUT2D eigenvalue weighted by Crippen LogP contribution is -2.14. The number of hydrogen-bond acceptors (Lipinski definition) is 6. The second kappa shape index (κ2) is 13.6. The summed E-state index contributed by atoms with van der Waals surface area (Å²) >= 11 is 0. The van der Waals surface area contributed by atoms with Crippen LogP contribution in [0.4, 0.5) is 17.2 Å². The average molecular weight is 634 g/mol. The Balaban J connectivity index is 0.000000388. The maximum atomic E-state index is 12.7. The van der Waals surface area contributed by atoms with E-state index in [1.54, 1.807) is 30.6 Å². The van der Waals surface area contributed by atoms with Crippen LogP contribution in [0.1, 0.15) is 47.1 Å². The van der Waals surface area contributed by atoms with Gasteiger partial charge in [-0.2, -0.15) is 0 Å². The molecule has 0 spiro atoms. The summed E-state index contributed by atoms with van der Waals surface area (Å²) in [4.78, 5) is 32.0. The molecule has 2 amide bonds. The number of carbonyl (C=O) groups excluding carboxylic acids is 2. The Morgan fingerprint density at radius 1 is 0.688 bits per heavy atom. The van der Waals surface area contributed by atoms with Crippen molar-refractivity contribution in [1.29, 1.82) is 0 Å². The van der Waals surface area contributed by atoms with Gasteiger partial charge < -0.3 is 20.8 Å². The maximum Gasteiger partial charge on any atom is 0.255 e. The van der Waals surface area contributed by atoms with Gasteiger partial charge in [-0.25, -0.2) is 9.97 Å². The zero-order valence-corrected chi connectivity index (χ0v) is 26.9. The van der Waals surface area contributed by atoms with E-state index in [-0.39, 0.29) is 17.2 Å². The molecule has 0 saturated carbocycles. The Labute approximate surface area is 278 Å². The topological polar surface area (TPSA) is 123 Å². The Morgan fingerprint density at radius 2 is 1.35 bits per heavy atom. The molecule has 2 aromatic heterocycles. The number of fused-ring (bicyclic) bond motifs is 3. The van der Waals surface area contributed by atoms with Crippen LogP contribution < -0.4 is 16.4 Å². The number of para-hydroxylation sites is 2. The SMILES string of the molecule is CC(C)(C)c1ccc(C(=O)Nc2ccc(Nc3cc(-c4cccc5c4oc4ccccc45)ncn3)cc2)cc1.NC(=O)c1ccccc1. The zero-order chi connectivity index (χ0) is 33.7. The van der Waals surface area contributed by atoms with Crippen molar-refractivity contribution in [3.05, 3.63) is 150 Å². The summed E-state index contributed by atoms with van der Waals surface area (Å²) < 4.78 is 6.18. The lowest BCUT2D eigenvalue weighted by molar-refractivity contribution is 0.0997. The number of rotatable bonds is 6. The van der Waals surface area contributed by atoms with Gasteiger partial charge in [-0.15, -0.1) is 0 Å². The van der Waals surface area contributed by atoms with Crippen molar-refractivity contribution in [1.82, 2.24) is 9.97 Å². The first-order chi connectivity index (χ1) is 23.2. The van der Waals surface area contributed by atoms with Crippen LogP contribution >= 0.6 is 0 Å². The number of nitrogens with zero attached hydrogens (tertiary/aromatic N) is 2. The number of amides is 2. The highest BCUT2D eigenvalue weighted by atomic mass is 16.3. The van der Waals surface area contributed by atoms with Gasteiger partial charge >= 0.3 is 0 Å². The molecule has 48 heavy (non-hydrogen) atoms. The molecule has 0 radical (unpaired) electrons. The van der Waals surface area contributed by atoms with E-state index in [1.165, 1.54) is 5.56 Å². The molecule has 7 rings (SSSR count). The van der Waals surface area contributed by atoms with Crippen LogP contribution in [-0.4, -0.2) is 21.8 Å². The molecular weight excluding hydrogens is 598 g/mol. The lowest BCUT2D eigenvalue weighted by atomic mass is 9.87. The van der Waals surface area contributed by atoms with Crippen molar-refractivity contribution in [2.75, 3.05) is 10.6 Å². The minimum absolute atomic E-state index is 0.0447. The average Bonchev–Trinajstić information content (AvgIpc) is 3.49. The van der Waals surface area contributed by atoms with Gasteiger partial charge in [0.15, 0.2) is 0 Å². The van der Waals surface area contributed by atoms with E-state index in [4.69, 9.17) is 10.2 Å². The lowest BCUT2D eigenvalue weighted by Gasteiger charge is -2.19. The summed E-state index contributed by atoms with van der Waals surface area (Å²) in [6.45, 7) is 6.46. The minimum atomic E-state index is -0.379. The van der Waals surface area contributed by atoms with Crippen LogP contribution in [-0.2, 0) is 5.41 Å². The third kappa shape index (κ3) is 7.24. The smallest absolute Gasteiger partial charge is 0.255 e. The van der Waals surface area contributed by atoms with Gasteiger partial charge in [-0.05, 0) is 71.6 Å². The molecule has 5 aromatic carbocycles. The standard InChI is InChI=1S/C33H28N4O2.C7H7NO/c1-33(2,3)22-13-11-21(12-14-22)32(38)37-24-17-15-23(16-18-24)36-30-19-28(34-20-35-30)27-9-6-8-26-25-7-4-5-10-29(25)39-31(26)27;8-7(9)6-4-2-1-3-5-6/h4-20H,1-3H3,(H,37,38)(H,34,35,36);1-5H,(H2,8,9). The molecule has 0 unspecified atom stereocenters. The maximum absolute atomic E-state index is 12.7. The van der Waals surface area contributed by atoms with Crippen LogP contribution in [0.3, 0.4) is 0 Å². The number of hydrogen-bond donors (Lipinski definition) is 3. The van der Waals surface area contributed by atoms with Crippen LogP contribution in [0.25, 0.3) is 33.2 Å². The highest BCUT2D eigenvalue weighted by molar-refractivity contribution is 6.09. The number of nitrogens with two attached hydrogens (primary N) is 1. The van der Waals surface area contributed by atoms with Crippen LogP contribution in [0, 0.1) is 0 Å². The number of benzene rings is 5. The number of primary amides is 1. The van der Waals surface area contributed by atoms with Crippen molar-refractivity contribution < 1.29 is 14.0 Å². The van der Waals surface area contributed by atoms with Gasteiger partial charge in [0.05, 0.1) is 5.69 Å². The van der Waals surface area contributed by atoms with Crippen molar-refractivity contribution in [2.45, 2.75) is 26.2 Å². The summed E-state index contributed by atoms with van der Waals surface area (Å²) in [6.07, 6.45) is 1.54. The number of aromatic nitrogens is 2. The van der Waals surface area contributed by atoms with E-state index in [0.717, 1.165) is 38.9 Å². The fourth-order valence-corrected chi connectivity index (χ4v) is 5.23. The van der Waals surface area contributed by atoms with Gasteiger partial charge in [-0.1, -0.05) is 81.4 Å². The predicted molar refractivity (Wildman–Crippen MR) is 193 cm³/mol. The van der Waals surface area contributed by atoms with Crippen molar-refractivity contribution in [3.63, 3.8) is 0 Å². The van der Waals surface area contributed by atoms with Crippen LogP contribution in [0.5, 0.6) is 0 Å². The third-order valence-electron chi connectivity index (χ3n) is 7.83. The summed E-state index contributed by atoms with van der Waals surface area (Å²) in [7, 11) is 0. The fourth-order valence-electron chi connectivity index (χ4n) is 5.23. The van der Waals surface area contributed by atoms with E-state index in [2.05, 4.69) is 53.5 Å². The molecule has 2 heterocycles. The number of furan rings is 1. The number of nitrogens with one attached hydrogen (secondary N) is 2. The molecule has 0 atom stereocenters. The Bertz CT molecular complexity index is 2200. The molecule has 0 aliphatic carbocycles. The van der Waals surface area contributed by atoms with Gasteiger partial charge in [-0.3, -0.25) is 9.59 Å². The zero-order valence-electron chi connectivity index (χ0n) is 26.9. The van der Waals surface area contributed by atoms with Gasteiger partial charge in [0.2, 0.25) is 5.91 Å². The summed E-state index contributed by atoms with van der Waals surface area (Å²) in [5, 5.41) is 8.42. The quantitative estimate of drug-likeness (QED) is 0.168. The van der Waals surface area contributed by atoms with Gasteiger partial charge in [0, 0.05) is 44.9 Å². The van der Waals surface area contributed by atoms with Crippen molar-refractivity contribution in [2.24, 2.45) is 5.73 Å². The molecule has 0 bridgehead atoms. The van der Waals surface area contributed by atoms with Crippen LogP contribution in [0.15, 0.2) is 138 Å². The fraction of sp³-hybridized carbons (Fsp3) is 0.100. The molecule has 4 N–H and O–H groups in total. The molecule has 8 nitrogen and oxygen atoms in total. The van der Waals surface area contributed by atoms with E-state index in [9.17, 15) is 9.59 Å². The monoisotopic (exact) mass is 633 g/mol. The second-order valence-corrected chi connectivity index (χ2v) is 12.3. The van der Waals surface area contributed by atoms with E-state index in [0.29, 0.717) is 22.6 Å². The molecule has 7 aromatic rings. The molecule has 0 aliphatic heterocycles. The third-order valence-corrected chi connectivity index (χ3v) is 7.83. The summed E-state index contributed by atoms with van der Waals surface area (Å²) in [5.41, 5.74) is 12.3.